The smallest absolute Gasteiger partial charge is 0.00218 e. The van der Waals surface area contributed by atoms with Gasteiger partial charge in [0.25, 0.3) is 0 Å². The Morgan fingerprint density at radius 1 is 0.385 bits per heavy atom. The van der Waals surface area contributed by atoms with E-state index in [4.69, 9.17) is 11.5 Å². The standard InChI is InChI=1S/C23H51N3/c1-26(22-18-14-10-6-2-4-8-12-16-20-24)23-19-15-11-7-3-5-9-13-17-21-25/h2-25H2,1H3. The van der Waals surface area contributed by atoms with E-state index < -0.39 is 0 Å². The van der Waals surface area contributed by atoms with Gasteiger partial charge in [-0.3, -0.25) is 0 Å². The molecule has 4 N–H and O–H groups in total. The number of nitrogens with zero attached hydrogens (tertiary/aromatic N) is 1. The molecule has 0 heterocycles. The molecule has 0 saturated heterocycles. The van der Waals surface area contributed by atoms with Crippen LogP contribution in [0.2, 0.25) is 0 Å². The Kier molecular flexibility index (Phi) is 22.8. The van der Waals surface area contributed by atoms with Crippen molar-refractivity contribution < 1.29 is 0 Å². The second-order valence-electron chi connectivity index (χ2n) is 8.24. The van der Waals surface area contributed by atoms with E-state index in [2.05, 4.69) is 11.9 Å². The molecule has 0 atom stereocenters. The average molecular weight is 370 g/mol. The maximum atomic E-state index is 5.52. The lowest BCUT2D eigenvalue weighted by molar-refractivity contribution is 0.314. The van der Waals surface area contributed by atoms with Gasteiger partial charge in [0.05, 0.1) is 0 Å². The molecule has 0 radical (unpaired) electrons. The minimum absolute atomic E-state index is 0.864. The molecule has 0 amide bonds. The molecule has 0 aliphatic rings. The molecule has 3 heteroatoms. The first-order chi connectivity index (χ1) is 12.8. The fraction of sp³-hybridized carbons (Fsp3) is 1.00. The topological polar surface area (TPSA) is 55.3 Å². The second-order valence-corrected chi connectivity index (χ2v) is 8.24. The molecule has 0 unspecified atom stereocenters. The van der Waals surface area contributed by atoms with Gasteiger partial charge in [0, 0.05) is 0 Å². The van der Waals surface area contributed by atoms with Crippen LogP contribution in [-0.2, 0) is 0 Å². The Morgan fingerprint density at radius 3 is 0.885 bits per heavy atom. The van der Waals surface area contributed by atoms with Gasteiger partial charge in [0.15, 0.2) is 0 Å². The van der Waals surface area contributed by atoms with Gasteiger partial charge in [-0.2, -0.15) is 0 Å². The van der Waals surface area contributed by atoms with Crippen molar-refractivity contribution in [3.63, 3.8) is 0 Å². The third kappa shape index (κ3) is 21.9. The zero-order valence-corrected chi connectivity index (χ0v) is 18.2. The van der Waals surface area contributed by atoms with Crippen LogP contribution in [0.15, 0.2) is 0 Å². The Labute approximate surface area is 165 Å². The highest BCUT2D eigenvalue weighted by Crippen LogP contribution is 2.11. The molecule has 0 saturated carbocycles. The average Bonchev–Trinajstić information content (AvgIpc) is 2.64. The van der Waals surface area contributed by atoms with Crippen LogP contribution in [-0.4, -0.2) is 38.1 Å². The maximum absolute atomic E-state index is 5.52. The van der Waals surface area contributed by atoms with Crippen molar-refractivity contribution in [2.45, 2.75) is 116 Å². The third-order valence-corrected chi connectivity index (χ3v) is 5.49. The maximum Gasteiger partial charge on any atom is -0.00218 e. The summed E-state index contributed by atoms with van der Waals surface area (Å²) in [7, 11) is 2.30. The van der Waals surface area contributed by atoms with E-state index in [0.717, 1.165) is 13.1 Å². The van der Waals surface area contributed by atoms with Crippen molar-refractivity contribution >= 4 is 0 Å². The zero-order chi connectivity index (χ0) is 19.1. The third-order valence-electron chi connectivity index (χ3n) is 5.49. The fourth-order valence-electron chi connectivity index (χ4n) is 3.64. The van der Waals surface area contributed by atoms with Crippen molar-refractivity contribution in [1.29, 1.82) is 0 Å². The van der Waals surface area contributed by atoms with E-state index >= 15 is 0 Å². The molecule has 3 nitrogen and oxygen atoms in total. The van der Waals surface area contributed by atoms with Gasteiger partial charge < -0.3 is 16.4 Å². The largest absolute Gasteiger partial charge is 0.330 e. The number of hydrogen-bond acceptors (Lipinski definition) is 3. The molecular weight excluding hydrogens is 318 g/mol. The van der Waals surface area contributed by atoms with E-state index in [9.17, 15) is 0 Å². The normalized spacial score (nSPS) is 11.5. The lowest BCUT2D eigenvalue weighted by Gasteiger charge is -2.16. The molecule has 0 aliphatic carbocycles. The van der Waals surface area contributed by atoms with Crippen LogP contribution >= 0.6 is 0 Å². The monoisotopic (exact) mass is 369 g/mol. The summed E-state index contributed by atoms with van der Waals surface area (Å²) >= 11 is 0. The lowest BCUT2D eigenvalue weighted by Crippen LogP contribution is -2.20. The van der Waals surface area contributed by atoms with Crippen LogP contribution in [0.3, 0.4) is 0 Å². The van der Waals surface area contributed by atoms with Crippen molar-refractivity contribution in [1.82, 2.24) is 4.90 Å². The van der Waals surface area contributed by atoms with E-state index in [-0.39, 0.29) is 0 Å². The van der Waals surface area contributed by atoms with E-state index in [0.29, 0.717) is 0 Å². The summed E-state index contributed by atoms with van der Waals surface area (Å²) in [6.07, 6.45) is 24.8. The number of hydrogen-bond donors (Lipinski definition) is 2. The Bertz CT molecular complexity index is 222. The van der Waals surface area contributed by atoms with Crippen molar-refractivity contribution in [3.8, 4) is 0 Å². The first kappa shape index (κ1) is 25.9. The van der Waals surface area contributed by atoms with Crippen LogP contribution < -0.4 is 11.5 Å². The second kappa shape index (κ2) is 22.9. The van der Waals surface area contributed by atoms with Crippen molar-refractivity contribution in [2.75, 3.05) is 33.2 Å². The highest BCUT2D eigenvalue weighted by atomic mass is 15.1. The molecule has 26 heavy (non-hydrogen) atoms. The number of unbranched alkanes of at least 4 members (excludes halogenated alkanes) is 16. The van der Waals surface area contributed by atoms with Gasteiger partial charge in [-0.25, -0.2) is 0 Å². The van der Waals surface area contributed by atoms with E-state index in [1.165, 1.54) is 129 Å². The van der Waals surface area contributed by atoms with Crippen LogP contribution in [0, 0.1) is 0 Å². The molecule has 0 aromatic carbocycles. The van der Waals surface area contributed by atoms with Gasteiger partial charge in [0.2, 0.25) is 0 Å². The van der Waals surface area contributed by atoms with Crippen molar-refractivity contribution in [3.05, 3.63) is 0 Å². The lowest BCUT2D eigenvalue weighted by atomic mass is 10.1. The summed E-state index contributed by atoms with van der Waals surface area (Å²) in [5.41, 5.74) is 11.0. The first-order valence-corrected chi connectivity index (χ1v) is 11.9. The van der Waals surface area contributed by atoms with Crippen LogP contribution in [0.4, 0.5) is 0 Å². The highest BCUT2D eigenvalue weighted by molar-refractivity contribution is 4.55. The first-order valence-electron chi connectivity index (χ1n) is 11.9. The Hall–Kier alpha value is -0.120. The Morgan fingerprint density at radius 2 is 0.615 bits per heavy atom. The summed E-state index contributed by atoms with van der Waals surface area (Å²) in [6, 6.07) is 0. The predicted molar refractivity (Wildman–Crippen MR) is 119 cm³/mol. The summed E-state index contributed by atoms with van der Waals surface area (Å²) in [4.78, 5) is 2.54. The summed E-state index contributed by atoms with van der Waals surface area (Å²) in [5.74, 6) is 0. The summed E-state index contributed by atoms with van der Waals surface area (Å²) in [5, 5.41) is 0. The van der Waals surface area contributed by atoms with Gasteiger partial charge in [0.1, 0.15) is 0 Å². The van der Waals surface area contributed by atoms with Crippen molar-refractivity contribution in [2.24, 2.45) is 11.5 Å². The van der Waals surface area contributed by atoms with Gasteiger partial charge in [-0.15, -0.1) is 0 Å². The molecule has 0 fully saturated rings. The van der Waals surface area contributed by atoms with Crippen LogP contribution in [0.5, 0.6) is 0 Å². The predicted octanol–water partition coefficient (Wildman–Crippen LogP) is 5.86. The molecule has 0 aromatic rings. The molecule has 0 aromatic heterocycles. The van der Waals surface area contributed by atoms with Gasteiger partial charge in [-0.05, 0) is 58.9 Å². The molecule has 0 aliphatic heterocycles. The SMILES string of the molecule is CN(CCCCCCCCCCCN)CCCCCCCCCCCN. The van der Waals surface area contributed by atoms with E-state index in [1.807, 2.05) is 0 Å². The summed E-state index contributed by atoms with van der Waals surface area (Å²) in [6.45, 7) is 4.31. The minimum atomic E-state index is 0.864. The fourth-order valence-corrected chi connectivity index (χ4v) is 3.64. The minimum Gasteiger partial charge on any atom is -0.330 e. The van der Waals surface area contributed by atoms with Gasteiger partial charge >= 0.3 is 0 Å². The molecule has 158 valence electrons. The molecular formula is C23H51N3. The Balaban J connectivity index is 3.12. The molecule has 0 rings (SSSR count). The number of nitrogens with two attached hydrogens (primary N) is 2. The quantitative estimate of drug-likeness (QED) is 0.235. The van der Waals surface area contributed by atoms with Crippen LogP contribution in [0.1, 0.15) is 116 Å². The zero-order valence-electron chi connectivity index (χ0n) is 18.2. The van der Waals surface area contributed by atoms with Gasteiger partial charge in [-0.1, -0.05) is 89.9 Å². The van der Waals surface area contributed by atoms with E-state index in [1.54, 1.807) is 0 Å². The number of rotatable bonds is 22. The molecule has 0 spiro atoms. The molecule has 0 bridgehead atoms. The van der Waals surface area contributed by atoms with Crippen LogP contribution in [0.25, 0.3) is 0 Å². The highest BCUT2D eigenvalue weighted by Gasteiger charge is 1.99. The summed E-state index contributed by atoms with van der Waals surface area (Å²) < 4.78 is 0.